The second kappa shape index (κ2) is 7.85. The average molecular weight is 269 g/mol. The summed E-state index contributed by atoms with van der Waals surface area (Å²) in [4.78, 5) is 16.7. The molecule has 19 heavy (non-hydrogen) atoms. The minimum atomic E-state index is -0.344. The number of piperidine rings is 1. The molecular formula is C15H31N3O. The molecule has 2 atom stereocenters. The van der Waals surface area contributed by atoms with Crippen molar-refractivity contribution in [3.8, 4) is 0 Å². The van der Waals surface area contributed by atoms with Crippen molar-refractivity contribution in [1.29, 1.82) is 0 Å². The maximum absolute atomic E-state index is 12.3. The molecule has 0 spiro atoms. The average Bonchev–Trinajstić information content (AvgIpc) is 2.45. The molecule has 0 aliphatic carbocycles. The lowest BCUT2D eigenvalue weighted by Crippen LogP contribution is -2.52. The molecule has 1 rings (SSSR count). The zero-order chi connectivity index (χ0) is 14.4. The van der Waals surface area contributed by atoms with E-state index in [9.17, 15) is 4.79 Å². The van der Waals surface area contributed by atoms with Crippen LogP contribution in [-0.4, -0.2) is 54.5 Å². The Bertz CT molecular complexity index is 275. The standard InChI is InChI=1S/C15H31N3O/c1-5-9-18-10-7-13(8-11-18)17(4)15(19)14(16)12(3)6-2/h12-14H,5-11,16H2,1-4H3/t12?,14-/m0/s1. The number of nitrogens with zero attached hydrogens (tertiary/aromatic N) is 2. The third kappa shape index (κ3) is 4.46. The number of hydrogen-bond acceptors (Lipinski definition) is 3. The van der Waals surface area contributed by atoms with Crippen LogP contribution in [0.25, 0.3) is 0 Å². The monoisotopic (exact) mass is 269 g/mol. The first-order chi connectivity index (χ1) is 9.01. The predicted octanol–water partition coefficient (Wildman–Crippen LogP) is 1.69. The summed E-state index contributed by atoms with van der Waals surface area (Å²) in [5.41, 5.74) is 6.05. The van der Waals surface area contributed by atoms with Crippen LogP contribution >= 0.6 is 0 Å². The van der Waals surface area contributed by atoms with Crippen molar-refractivity contribution in [2.24, 2.45) is 11.7 Å². The van der Waals surface area contributed by atoms with Gasteiger partial charge in [-0.15, -0.1) is 0 Å². The normalized spacial score (nSPS) is 21.1. The molecule has 1 fully saturated rings. The van der Waals surface area contributed by atoms with Gasteiger partial charge in [-0.3, -0.25) is 4.79 Å². The SMILES string of the molecule is CCCN1CCC(N(C)C(=O)[C@@H](N)C(C)CC)CC1. The molecular weight excluding hydrogens is 238 g/mol. The van der Waals surface area contributed by atoms with Crippen LogP contribution in [0.3, 0.4) is 0 Å². The van der Waals surface area contributed by atoms with Crippen molar-refractivity contribution in [2.45, 2.75) is 58.5 Å². The number of carbonyl (C=O) groups is 1. The number of amides is 1. The Hall–Kier alpha value is -0.610. The van der Waals surface area contributed by atoms with Crippen molar-refractivity contribution >= 4 is 5.91 Å². The van der Waals surface area contributed by atoms with Gasteiger partial charge < -0.3 is 15.5 Å². The summed E-state index contributed by atoms with van der Waals surface area (Å²) in [7, 11) is 1.92. The molecule has 1 heterocycles. The smallest absolute Gasteiger partial charge is 0.239 e. The summed E-state index contributed by atoms with van der Waals surface area (Å²) in [6.45, 7) is 9.74. The Balaban J connectivity index is 2.46. The Labute approximate surface area is 118 Å². The summed E-state index contributed by atoms with van der Waals surface area (Å²) >= 11 is 0. The molecule has 4 nitrogen and oxygen atoms in total. The summed E-state index contributed by atoms with van der Waals surface area (Å²) in [6.07, 6.45) is 4.32. The van der Waals surface area contributed by atoms with Gasteiger partial charge >= 0.3 is 0 Å². The second-order valence-corrected chi connectivity index (χ2v) is 5.93. The van der Waals surface area contributed by atoms with E-state index in [0.29, 0.717) is 6.04 Å². The van der Waals surface area contributed by atoms with Gasteiger partial charge in [-0.2, -0.15) is 0 Å². The zero-order valence-corrected chi connectivity index (χ0v) is 13.1. The largest absolute Gasteiger partial charge is 0.341 e. The summed E-state index contributed by atoms with van der Waals surface area (Å²) in [5.74, 6) is 0.374. The highest BCUT2D eigenvalue weighted by atomic mass is 16.2. The Morgan fingerprint density at radius 1 is 1.37 bits per heavy atom. The third-order valence-electron chi connectivity index (χ3n) is 4.53. The van der Waals surface area contributed by atoms with E-state index in [1.807, 2.05) is 11.9 Å². The molecule has 112 valence electrons. The molecule has 1 aliphatic rings. The van der Waals surface area contributed by atoms with Gasteiger partial charge in [0.05, 0.1) is 6.04 Å². The van der Waals surface area contributed by atoms with Gasteiger partial charge in [-0.1, -0.05) is 27.2 Å². The van der Waals surface area contributed by atoms with Crippen LogP contribution in [0.4, 0.5) is 0 Å². The number of nitrogens with two attached hydrogens (primary N) is 1. The molecule has 0 aromatic heterocycles. The molecule has 1 saturated heterocycles. The van der Waals surface area contributed by atoms with Crippen LogP contribution in [0.5, 0.6) is 0 Å². The molecule has 0 radical (unpaired) electrons. The number of carbonyl (C=O) groups excluding carboxylic acids is 1. The van der Waals surface area contributed by atoms with E-state index in [1.54, 1.807) is 0 Å². The number of likely N-dealkylation sites (N-methyl/N-ethyl adjacent to an activating group) is 1. The van der Waals surface area contributed by atoms with E-state index in [0.717, 1.165) is 32.4 Å². The van der Waals surface area contributed by atoms with Crippen molar-refractivity contribution in [3.63, 3.8) is 0 Å². The summed E-state index contributed by atoms with van der Waals surface area (Å²) in [5, 5.41) is 0. The van der Waals surface area contributed by atoms with Crippen molar-refractivity contribution < 1.29 is 4.79 Å². The first kappa shape index (κ1) is 16.4. The second-order valence-electron chi connectivity index (χ2n) is 5.93. The van der Waals surface area contributed by atoms with Gasteiger partial charge in [0.25, 0.3) is 0 Å². The van der Waals surface area contributed by atoms with E-state index in [2.05, 4.69) is 25.7 Å². The van der Waals surface area contributed by atoms with Crippen LogP contribution < -0.4 is 5.73 Å². The Kier molecular flexibility index (Phi) is 6.80. The lowest BCUT2D eigenvalue weighted by Gasteiger charge is -2.38. The van der Waals surface area contributed by atoms with E-state index >= 15 is 0 Å². The van der Waals surface area contributed by atoms with E-state index in [-0.39, 0.29) is 17.9 Å². The Morgan fingerprint density at radius 3 is 2.42 bits per heavy atom. The van der Waals surface area contributed by atoms with Gasteiger partial charge in [0.1, 0.15) is 0 Å². The first-order valence-electron chi connectivity index (χ1n) is 7.75. The highest BCUT2D eigenvalue weighted by molar-refractivity contribution is 5.82. The van der Waals surface area contributed by atoms with Gasteiger partial charge in [0, 0.05) is 26.2 Å². The van der Waals surface area contributed by atoms with Crippen LogP contribution in [0.15, 0.2) is 0 Å². The number of likely N-dealkylation sites (tertiary alicyclic amines) is 1. The predicted molar refractivity (Wildman–Crippen MR) is 80.0 cm³/mol. The van der Waals surface area contributed by atoms with E-state index in [1.165, 1.54) is 13.0 Å². The summed E-state index contributed by atoms with van der Waals surface area (Å²) < 4.78 is 0. The highest BCUT2D eigenvalue weighted by Gasteiger charge is 2.29. The molecule has 0 saturated carbocycles. The fraction of sp³-hybridized carbons (Fsp3) is 0.933. The minimum absolute atomic E-state index is 0.114. The third-order valence-corrected chi connectivity index (χ3v) is 4.53. The van der Waals surface area contributed by atoms with Crippen LogP contribution in [0.1, 0.15) is 46.5 Å². The maximum atomic E-state index is 12.3. The Morgan fingerprint density at radius 2 is 1.95 bits per heavy atom. The molecule has 0 aromatic carbocycles. The number of rotatable bonds is 6. The molecule has 1 aliphatic heterocycles. The molecule has 1 amide bonds. The van der Waals surface area contributed by atoms with Crippen molar-refractivity contribution in [2.75, 3.05) is 26.7 Å². The molecule has 1 unspecified atom stereocenters. The molecule has 2 N–H and O–H groups in total. The fourth-order valence-corrected chi connectivity index (χ4v) is 2.76. The lowest BCUT2D eigenvalue weighted by molar-refractivity contribution is -0.135. The lowest BCUT2D eigenvalue weighted by atomic mass is 9.97. The summed E-state index contributed by atoms with van der Waals surface area (Å²) in [6, 6.07) is 0.0272. The molecule has 0 aromatic rings. The highest BCUT2D eigenvalue weighted by Crippen LogP contribution is 2.18. The first-order valence-corrected chi connectivity index (χ1v) is 7.75. The fourth-order valence-electron chi connectivity index (χ4n) is 2.76. The maximum Gasteiger partial charge on any atom is 0.239 e. The van der Waals surface area contributed by atoms with Gasteiger partial charge in [0.15, 0.2) is 0 Å². The van der Waals surface area contributed by atoms with Crippen molar-refractivity contribution in [3.05, 3.63) is 0 Å². The number of hydrogen-bond donors (Lipinski definition) is 1. The van der Waals surface area contributed by atoms with E-state index < -0.39 is 0 Å². The van der Waals surface area contributed by atoms with Gasteiger partial charge in [-0.05, 0) is 31.7 Å². The van der Waals surface area contributed by atoms with Crippen LogP contribution in [0.2, 0.25) is 0 Å². The van der Waals surface area contributed by atoms with Crippen molar-refractivity contribution in [1.82, 2.24) is 9.80 Å². The van der Waals surface area contributed by atoms with Gasteiger partial charge in [0.2, 0.25) is 5.91 Å². The van der Waals surface area contributed by atoms with E-state index in [4.69, 9.17) is 5.73 Å². The molecule has 0 bridgehead atoms. The molecule has 4 heteroatoms. The topological polar surface area (TPSA) is 49.6 Å². The quantitative estimate of drug-likeness (QED) is 0.798. The van der Waals surface area contributed by atoms with Crippen LogP contribution in [-0.2, 0) is 4.79 Å². The van der Waals surface area contributed by atoms with Crippen LogP contribution in [0, 0.1) is 5.92 Å². The zero-order valence-electron chi connectivity index (χ0n) is 13.1. The minimum Gasteiger partial charge on any atom is -0.341 e. The van der Waals surface area contributed by atoms with Gasteiger partial charge in [-0.25, -0.2) is 0 Å².